The molecule has 4 heteroatoms. The normalized spacial score (nSPS) is 17.7. The minimum Gasteiger partial charge on any atom is -0.381 e. The fourth-order valence-electron chi connectivity index (χ4n) is 2.30. The molecule has 1 aliphatic rings. The van der Waals surface area contributed by atoms with E-state index in [4.69, 9.17) is 4.74 Å². The molecular weight excluding hydrogens is 228 g/mol. The molecule has 0 bridgehead atoms. The first kappa shape index (κ1) is 15.2. The van der Waals surface area contributed by atoms with E-state index < -0.39 is 0 Å². The van der Waals surface area contributed by atoms with Crippen molar-refractivity contribution in [2.45, 2.75) is 32.8 Å². The van der Waals surface area contributed by atoms with Crippen molar-refractivity contribution in [3.63, 3.8) is 0 Å². The lowest BCUT2D eigenvalue weighted by Crippen LogP contribution is -2.44. The molecule has 4 nitrogen and oxygen atoms in total. The topological polar surface area (TPSA) is 32.8 Å². The number of ether oxygens (including phenoxy) is 1. The molecule has 1 fully saturated rings. The van der Waals surface area contributed by atoms with Gasteiger partial charge < -0.3 is 9.64 Å². The predicted molar refractivity (Wildman–Crippen MR) is 73.5 cm³/mol. The molecule has 0 N–H and O–H groups in total. The molecule has 0 unspecified atom stereocenters. The number of nitrogens with zero attached hydrogens (tertiary/aromatic N) is 2. The lowest BCUT2D eigenvalue weighted by Gasteiger charge is -2.32. The maximum Gasteiger partial charge on any atom is 0.237 e. The molecule has 18 heavy (non-hydrogen) atoms. The molecule has 0 aromatic rings. The molecule has 0 aromatic heterocycles. The molecular formula is C14H26N2O2. The highest BCUT2D eigenvalue weighted by atomic mass is 16.5. The third kappa shape index (κ3) is 4.78. The average Bonchev–Trinajstić information content (AvgIpc) is 2.36. The molecule has 0 aromatic carbocycles. The Balaban J connectivity index is 2.37. The van der Waals surface area contributed by atoms with E-state index >= 15 is 0 Å². The average molecular weight is 254 g/mol. The fourth-order valence-corrected chi connectivity index (χ4v) is 2.30. The Kier molecular flexibility index (Phi) is 6.36. The van der Waals surface area contributed by atoms with Crippen LogP contribution in [0, 0.1) is 0 Å². The second kappa shape index (κ2) is 7.54. The number of hydrogen-bond acceptors (Lipinski definition) is 3. The third-order valence-electron chi connectivity index (χ3n) is 3.42. The van der Waals surface area contributed by atoms with Crippen molar-refractivity contribution in [1.29, 1.82) is 0 Å². The van der Waals surface area contributed by atoms with E-state index in [-0.39, 0.29) is 5.91 Å². The van der Waals surface area contributed by atoms with Crippen LogP contribution in [0.2, 0.25) is 0 Å². The van der Waals surface area contributed by atoms with Crippen LogP contribution in [0.1, 0.15) is 26.7 Å². The second-order valence-corrected chi connectivity index (χ2v) is 5.08. The SMILES string of the molecule is C=C(C)CN(CC)C(=O)CN1CCC(OC)CC1. The first-order valence-corrected chi connectivity index (χ1v) is 6.74. The molecule has 1 amide bonds. The Hall–Kier alpha value is -0.870. The Morgan fingerprint density at radius 3 is 2.50 bits per heavy atom. The minimum absolute atomic E-state index is 0.205. The van der Waals surface area contributed by atoms with Crippen LogP contribution in [-0.2, 0) is 9.53 Å². The highest BCUT2D eigenvalue weighted by Gasteiger charge is 2.22. The summed E-state index contributed by atoms with van der Waals surface area (Å²) in [7, 11) is 1.76. The Labute approximate surface area is 111 Å². The van der Waals surface area contributed by atoms with Crippen molar-refractivity contribution >= 4 is 5.91 Å². The standard InChI is InChI=1S/C14H26N2O2/c1-5-16(10-12(2)3)14(17)11-15-8-6-13(18-4)7-9-15/h13H,2,5-11H2,1,3-4H3. The quantitative estimate of drug-likeness (QED) is 0.674. The van der Waals surface area contributed by atoms with Crippen molar-refractivity contribution in [1.82, 2.24) is 9.80 Å². The van der Waals surface area contributed by atoms with Crippen molar-refractivity contribution in [3.05, 3.63) is 12.2 Å². The molecule has 0 aliphatic carbocycles. The number of likely N-dealkylation sites (N-methyl/N-ethyl adjacent to an activating group) is 1. The number of rotatable bonds is 6. The Morgan fingerprint density at radius 2 is 2.06 bits per heavy atom. The van der Waals surface area contributed by atoms with E-state index in [1.807, 2.05) is 18.7 Å². The number of hydrogen-bond donors (Lipinski definition) is 0. The van der Waals surface area contributed by atoms with Crippen LogP contribution in [0.5, 0.6) is 0 Å². The van der Waals surface area contributed by atoms with Crippen LogP contribution in [-0.4, -0.2) is 61.6 Å². The van der Waals surface area contributed by atoms with E-state index in [9.17, 15) is 4.79 Å². The van der Waals surface area contributed by atoms with Crippen molar-refractivity contribution in [3.8, 4) is 0 Å². The van der Waals surface area contributed by atoms with Gasteiger partial charge in [0, 0.05) is 33.3 Å². The third-order valence-corrected chi connectivity index (χ3v) is 3.42. The second-order valence-electron chi connectivity index (χ2n) is 5.08. The largest absolute Gasteiger partial charge is 0.381 e. The zero-order valence-electron chi connectivity index (χ0n) is 11.9. The molecule has 1 rings (SSSR count). The van der Waals surface area contributed by atoms with Crippen molar-refractivity contribution in [2.75, 3.05) is 39.8 Å². The summed E-state index contributed by atoms with van der Waals surface area (Å²) < 4.78 is 5.33. The molecule has 0 radical (unpaired) electrons. The number of likely N-dealkylation sites (tertiary alicyclic amines) is 1. The maximum atomic E-state index is 12.1. The van der Waals surface area contributed by atoms with Gasteiger partial charge in [0.25, 0.3) is 0 Å². The summed E-state index contributed by atoms with van der Waals surface area (Å²) in [6.45, 7) is 11.7. The lowest BCUT2D eigenvalue weighted by atomic mass is 10.1. The van der Waals surface area contributed by atoms with Gasteiger partial charge >= 0.3 is 0 Å². The van der Waals surface area contributed by atoms with Crippen LogP contribution in [0.4, 0.5) is 0 Å². The molecule has 1 heterocycles. The van der Waals surface area contributed by atoms with Gasteiger partial charge in [0.15, 0.2) is 0 Å². The lowest BCUT2D eigenvalue weighted by molar-refractivity contribution is -0.132. The highest BCUT2D eigenvalue weighted by molar-refractivity contribution is 5.78. The highest BCUT2D eigenvalue weighted by Crippen LogP contribution is 2.12. The molecule has 0 atom stereocenters. The van der Waals surface area contributed by atoms with Crippen LogP contribution in [0.3, 0.4) is 0 Å². The molecule has 1 aliphatic heterocycles. The number of methoxy groups -OCH3 is 1. The van der Waals surface area contributed by atoms with Gasteiger partial charge in [0.1, 0.15) is 0 Å². The monoisotopic (exact) mass is 254 g/mol. The number of carbonyl (C=O) groups is 1. The summed E-state index contributed by atoms with van der Waals surface area (Å²) in [5.41, 5.74) is 1.03. The zero-order chi connectivity index (χ0) is 13.5. The van der Waals surface area contributed by atoms with E-state index in [2.05, 4.69) is 11.5 Å². The van der Waals surface area contributed by atoms with E-state index in [0.29, 0.717) is 19.2 Å². The van der Waals surface area contributed by atoms with Gasteiger partial charge in [-0.1, -0.05) is 12.2 Å². The number of carbonyl (C=O) groups excluding carboxylic acids is 1. The van der Waals surface area contributed by atoms with Crippen LogP contribution >= 0.6 is 0 Å². The minimum atomic E-state index is 0.205. The molecule has 0 spiro atoms. The smallest absolute Gasteiger partial charge is 0.237 e. The van der Waals surface area contributed by atoms with Gasteiger partial charge in [-0.05, 0) is 26.7 Å². The summed E-state index contributed by atoms with van der Waals surface area (Å²) in [4.78, 5) is 16.2. The van der Waals surface area contributed by atoms with E-state index in [0.717, 1.165) is 38.0 Å². The van der Waals surface area contributed by atoms with E-state index in [1.165, 1.54) is 0 Å². The van der Waals surface area contributed by atoms with Crippen LogP contribution in [0.15, 0.2) is 12.2 Å². The number of piperidine rings is 1. The fraction of sp³-hybridized carbons (Fsp3) is 0.786. The van der Waals surface area contributed by atoms with Gasteiger partial charge in [0.05, 0.1) is 12.6 Å². The van der Waals surface area contributed by atoms with Gasteiger partial charge in [-0.25, -0.2) is 0 Å². The van der Waals surface area contributed by atoms with Crippen LogP contribution < -0.4 is 0 Å². The summed E-state index contributed by atoms with van der Waals surface area (Å²) in [5.74, 6) is 0.205. The summed E-state index contributed by atoms with van der Waals surface area (Å²) >= 11 is 0. The van der Waals surface area contributed by atoms with Gasteiger partial charge in [-0.2, -0.15) is 0 Å². The first-order chi connectivity index (χ1) is 8.56. The zero-order valence-corrected chi connectivity index (χ0v) is 11.9. The Bertz CT molecular complexity index is 284. The van der Waals surface area contributed by atoms with Gasteiger partial charge in [-0.3, -0.25) is 9.69 Å². The van der Waals surface area contributed by atoms with E-state index in [1.54, 1.807) is 7.11 Å². The Morgan fingerprint density at radius 1 is 1.44 bits per heavy atom. The molecule has 1 saturated heterocycles. The van der Waals surface area contributed by atoms with Crippen LogP contribution in [0.25, 0.3) is 0 Å². The molecule has 104 valence electrons. The van der Waals surface area contributed by atoms with Crippen molar-refractivity contribution < 1.29 is 9.53 Å². The summed E-state index contributed by atoms with van der Waals surface area (Å²) in [6, 6.07) is 0. The van der Waals surface area contributed by atoms with Crippen molar-refractivity contribution in [2.24, 2.45) is 0 Å². The summed E-state index contributed by atoms with van der Waals surface area (Å²) in [5, 5.41) is 0. The predicted octanol–water partition coefficient (Wildman–Crippen LogP) is 1.52. The molecule has 0 saturated carbocycles. The summed E-state index contributed by atoms with van der Waals surface area (Å²) in [6.07, 6.45) is 2.42. The first-order valence-electron chi connectivity index (χ1n) is 6.74. The number of amides is 1. The van der Waals surface area contributed by atoms with Gasteiger partial charge in [0.2, 0.25) is 5.91 Å². The van der Waals surface area contributed by atoms with Gasteiger partial charge in [-0.15, -0.1) is 0 Å². The maximum absolute atomic E-state index is 12.1.